The summed E-state index contributed by atoms with van der Waals surface area (Å²) in [6.45, 7) is 2.11. The summed E-state index contributed by atoms with van der Waals surface area (Å²) in [4.78, 5) is 0. The molecule has 0 saturated heterocycles. The predicted molar refractivity (Wildman–Crippen MR) is 71.5 cm³/mol. The molecule has 0 amide bonds. The number of ether oxygens (including phenoxy) is 1. The Labute approximate surface area is 106 Å². The van der Waals surface area contributed by atoms with Crippen LogP contribution >= 0.6 is 0 Å². The molecule has 1 aromatic heterocycles. The molecule has 1 unspecified atom stereocenters. The fraction of sp³-hybridized carbons (Fsp3) is 0.357. The summed E-state index contributed by atoms with van der Waals surface area (Å²) in [6, 6.07) is 8.13. The maximum atomic E-state index is 5.81. The molecule has 0 bridgehead atoms. The number of nitrogens with two attached hydrogens (primary N) is 1. The average Bonchev–Trinajstić information content (AvgIpc) is 2.69. The lowest BCUT2D eigenvalue weighted by Gasteiger charge is -2.23. The molecule has 1 aliphatic rings. The SMILES string of the molecule is CC1CCc2cc(-c3cc(N)n(C)n3)ccc2O1. The maximum absolute atomic E-state index is 5.81. The van der Waals surface area contributed by atoms with Gasteiger partial charge in [0.25, 0.3) is 0 Å². The minimum Gasteiger partial charge on any atom is -0.490 e. The van der Waals surface area contributed by atoms with Gasteiger partial charge in [0, 0.05) is 18.7 Å². The molecule has 0 saturated carbocycles. The molecule has 3 rings (SSSR count). The lowest BCUT2D eigenvalue weighted by atomic mass is 9.99. The maximum Gasteiger partial charge on any atom is 0.122 e. The minimum absolute atomic E-state index is 0.314. The zero-order valence-corrected chi connectivity index (χ0v) is 10.7. The third-order valence-electron chi connectivity index (χ3n) is 3.42. The summed E-state index contributed by atoms with van der Waals surface area (Å²) in [7, 11) is 1.85. The fourth-order valence-corrected chi connectivity index (χ4v) is 2.31. The van der Waals surface area contributed by atoms with Crippen molar-refractivity contribution in [3.05, 3.63) is 29.8 Å². The Hall–Kier alpha value is -1.97. The van der Waals surface area contributed by atoms with Crippen LogP contribution in [0.3, 0.4) is 0 Å². The van der Waals surface area contributed by atoms with Crippen molar-refractivity contribution in [2.75, 3.05) is 5.73 Å². The van der Waals surface area contributed by atoms with E-state index in [4.69, 9.17) is 10.5 Å². The van der Waals surface area contributed by atoms with Crippen LogP contribution in [-0.4, -0.2) is 15.9 Å². The Bertz CT molecular complexity index is 569. The van der Waals surface area contributed by atoms with Crippen molar-refractivity contribution in [2.24, 2.45) is 7.05 Å². The molecule has 4 heteroatoms. The van der Waals surface area contributed by atoms with E-state index in [0.29, 0.717) is 11.9 Å². The number of rotatable bonds is 1. The highest BCUT2D eigenvalue weighted by Gasteiger charge is 2.17. The average molecular weight is 243 g/mol. The quantitative estimate of drug-likeness (QED) is 0.836. The molecule has 0 fully saturated rings. The Morgan fingerprint density at radius 2 is 2.22 bits per heavy atom. The molecular formula is C14H17N3O. The first-order valence-corrected chi connectivity index (χ1v) is 6.23. The Morgan fingerprint density at radius 3 is 2.94 bits per heavy atom. The second-order valence-electron chi connectivity index (χ2n) is 4.87. The van der Waals surface area contributed by atoms with Crippen molar-refractivity contribution in [1.82, 2.24) is 9.78 Å². The van der Waals surface area contributed by atoms with Gasteiger partial charge in [-0.25, -0.2) is 0 Å². The molecule has 2 N–H and O–H groups in total. The van der Waals surface area contributed by atoms with Gasteiger partial charge in [-0.1, -0.05) is 0 Å². The van der Waals surface area contributed by atoms with Crippen molar-refractivity contribution < 1.29 is 4.74 Å². The molecule has 1 aliphatic heterocycles. The molecule has 1 atom stereocenters. The normalized spacial score (nSPS) is 18.2. The Balaban J connectivity index is 1.99. The van der Waals surface area contributed by atoms with Crippen molar-refractivity contribution in [2.45, 2.75) is 25.9 Å². The largest absolute Gasteiger partial charge is 0.490 e. The third-order valence-corrected chi connectivity index (χ3v) is 3.42. The van der Waals surface area contributed by atoms with Crippen LogP contribution in [0.4, 0.5) is 5.82 Å². The predicted octanol–water partition coefficient (Wildman–Crippen LogP) is 2.38. The van der Waals surface area contributed by atoms with E-state index in [1.807, 2.05) is 25.2 Å². The molecule has 0 spiro atoms. The molecule has 2 heterocycles. The molecule has 2 aromatic rings. The van der Waals surface area contributed by atoms with Gasteiger partial charge in [-0.2, -0.15) is 5.10 Å². The van der Waals surface area contributed by atoms with Crippen LogP contribution in [0, 0.1) is 0 Å². The number of aromatic nitrogens is 2. The molecule has 94 valence electrons. The number of anilines is 1. The van der Waals surface area contributed by atoms with E-state index in [-0.39, 0.29) is 0 Å². The summed E-state index contributed by atoms with van der Waals surface area (Å²) in [5.74, 6) is 1.67. The number of aryl methyl sites for hydroxylation is 2. The van der Waals surface area contributed by atoms with Gasteiger partial charge in [-0.05, 0) is 43.5 Å². The van der Waals surface area contributed by atoms with Crippen LogP contribution in [-0.2, 0) is 13.5 Å². The first-order chi connectivity index (χ1) is 8.63. The fourth-order valence-electron chi connectivity index (χ4n) is 2.31. The van der Waals surface area contributed by atoms with Gasteiger partial charge < -0.3 is 10.5 Å². The van der Waals surface area contributed by atoms with Crippen molar-refractivity contribution >= 4 is 5.82 Å². The highest BCUT2D eigenvalue weighted by atomic mass is 16.5. The third kappa shape index (κ3) is 1.83. The summed E-state index contributed by atoms with van der Waals surface area (Å²) < 4.78 is 7.49. The number of fused-ring (bicyclic) bond motifs is 1. The number of hydrogen-bond donors (Lipinski definition) is 1. The Morgan fingerprint density at radius 1 is 1.39 bits per heavy atom. The lowest BCUT2D eigenvalue weighted by Crippen LogP contribution is -2.18. The van der Waals surface area contributed by atoms with Crippen LogP contribution in [0.5, 0.6) is 5.75 Å². The smallest absolute Gasteiger partial charge is 0.122 e. The van der Waals surface area contributed by atoms with Crippen LogP contribution < -0.4 is 10.5 Å². The molecule has 18 heavy (non-hydrogen) atoms. The van der Waals surface area contributed by atoms with Gasteiger partial charge in [-0.15, -0.1) is 0 Å². The van der Waals surface area contributed by atoms with E-state index >= 15 is 0 Å². The standard InChI is InChI=1S/C14H17N3O/c1-9-3-4-11-7-10(5-6-13(11)18-9)12-8-14(15)17(2)16-12/h5-9H,3-4,15H2,1-2H3. The van der Waals surface area contributed by atoms with Crippen LogP contribution in [0.2, 0.25) is 0 Å². The minimum atomic E-state index is 0.314. The summed E-state index contributed by atoms with van der Waals surface area (Å²) in [6.07, 6.45) is 2.45. The molecule has 0 aliphatic carbocycles. The van der Waals surface area contributed by atoms with Crippen LogP contribution in [0.1, 0.15) is 18.9 Å². The van der Waals surface area contributed by atoms with Crippen molar-refractivity contribution in [1.29, 1.82) is 0 Å². The molecule has 1 aromatic carbocycles. The second-order valence-corrected chi connectivity index (χ2v) is 4.87. The highest BCUT2D eigenvalue weighted by molar-refractivity contribution is 5.64. The first-order valence-electron chi connectivity index (χ1n) is 6.23. The van der Waals surface area contributed by atoms with Crippen molar-refractivity contribution in [3.63, 3.8) is 0 Å². The zero-order valence-electron chi connectivity index (χ0n) is 10.7. The monoisotopic (exact) mass is 243 g/mol. The van der Waals surface area contributed by atoms with E-state index < -0.39 is 0 Å². The zero-order chi connectivity index (χ0) is 12.7. The van der Waals surface area contributed by atoms with Gasteiger partial charge >= 0.3 is 0 Å². The lowest BCUT2D eigenvalue weighted by molar-refractivity contribution is 0.192. The second kappa shape index (κ2) is 4.05. The first kappa shape index (κ1) is 11.1. The van der Waals surface area contributed by atoms with E-state index in [1.54, 1.807) is 4.68 Å². The molecule has 0 radical (unpaired) electrons. The van der Waals surface area contributed by atoms with Gasteiger partial charge in [0.1, 0.15) is 11.6 Å². The molecular weight excluding hydrogens is 226 g/mol. The summed E-state index contributed by atoms with van der Waals surface area (Å²) in [5.41, 5.74) is 9.08. The number of nitrogens with zero attached hydrogens (tertiary/aromatic N) is 2. The van der Waals surface area contributed by atoms with Gasteiger partial charge in [0.2, 0.25) is 0 Å². The van der Waals surface area contributed by atoms with E-state index in [2.05, 4.69) is 18.1 Å². The van der Waals surface area contributed by atoms with Gasteiger partial charge in [0.15, 0.2) is 0 Å². The number of hydrogen-bond acceptors (Lipinski definition) is 3. The highest BCUT2D eigenvalue weighted by Crippen LogP contribution is 2.31. The summed E-state index contributed by atoms with van der Waals surface area (Å²) >= 11 is 0. The van der Waals surface area contributed by atoms with E-state index in [0.717, 1.165) is 29.8 Å². The summed E-state index contributed by atoms with van der Waals surface area (Å²) in [5, 5.41) is 4.40. The van der Waals surface area contributed by atoms with E-state index in [1.165, 1.54) is 5.56 Å². The van der Waals surface area contributed by atoms with Crippen molar-refractivity contribution in [3.8, 4) is 17.0 Å². The number of benzene rings is 1. The topological polar surface area (TPSA) is 53.1 Å². The Kier molecular flexibility index (Phi) is 2.51. The molecule has 4 nitrogen and oxygen atoms in total. The van der Waals surface area contributed by atoms with Crippen LogP contribution in [0.15, 0.2) is 24.3 Å². The van der Waals surface area contributed by atoms with Gasteiger partial charge in [0.05, 0.1) is 11.8 Å². The van der Waals surface area contributed by atoms with Gasteiger partial charge in [-0.3, -0.25) is 4.68 Å². The van der Waals surface area contributed by atoms with Crippen LogP contribution in [0.25, 0.3) is 11.3 Å². The van der Waals surface area contributed by atoms with E-state index in [9.17, 15) is 0 Å². The number of nitrogen functional groups attached to an aromatic ring is 1.